The van der Waals surface area contributed by atoms with Crippen LogP contribution in [0.15, 0.2) is 22.7 Å². The van der Waals surface area contributed by atoms with Gasteiger partial charge in [0.15, 0.2) is 11.0 Å². The highest BCUT2D eigenvalue weighted by atomic mass is 79.9. The van der Waals surface area contributed by atoms with Crippen LogP contribution in [0.4, 0.5) is 18.9 Å². The Labute approximate surface area is 121 Å². The lowest BCUT2D eigenvalue weighted by Crippen LogP contribution is -2.25. The molecule has 0 aromatic heterocycles. The number of sulfonamides is 1. The van der Waals surface area contributed by atoms with Crippen molar-refractivity contribution in [1.82, 2.24) is 0 Å². The normalized spacial score (nSPS) is 13.4. The van der Waals surface area contributed by atoms with E-state index in [4.69, 9.17) is 5.26 Å². The lowest BCUT2D eigenvalue weighted by Gasteiger charge is -2.15. The average molecular weight is 373 g/mol. The van der Waals surface area contributed by atoms with Crippen LogP contribution in [0.5, 0.6) is 5.75 Å². The predicted octanol–water partition coefficient (Wildman–Crippen LogP) is 3.00. The molecule has 1 unspecified atom stereocenters. The van der Waals surface area contributed by atoms with Gasteiger partial charge in [0.05, 0.1) is 11.8 Å². The first-order valence-corrected chi connectivity index (χ1v) is 7.35. The molecule has 1 rings (SSSR count). The second-order valence-electron chi connectivity index (χ2n) is 3.61. The van der Waals surface area contributed by atoms with Gasteiger partial charge in [0.1, 0.15) is 0 Å². The van der Waals surface area contributed by atoms with Gasteiger partial charge in [-0.2, -0.15) is 5.26 Å². The standard InChI is InChI=1S/C10H8BrF3N2O3S/c1-6(5-15)20(17,18)16-8-3-2-7(11)4-9(8)19-10(12,13)14/h2-4,6,16H,1H3. The maximum Gasteiger partial charge on any atom is 0.573 e. The molecule has 0 heterocycles. The molecule has 0 aliphatic heterocycles. The van der Waals surface area contributed by atoms with Crippen molar-refractivity contribution in [3.8, 4) is 11.8 Å². The van der Waals surface area contributed by atoms with E-state index in [1.165, 1.54) is 12.1 Å². The van der Waals surface area contributed by atoms with Crippen molar-refractivity contribution in [2.24, 2.45) is 0 Å². The molecule has 10 heteroatoms. The van der Waals surface area contributed by atoms with E-state index >= 15 is 0 Å². The zero-order valence-electron chi connectivity index (χ0n) is 9.90. The van der Waals surface area contributed by atoms with Gasteiger partial charge in [-0.05, 0) is 25.1 Å². The van der Waals surface area contributed by atoms with Gasteiger partial charge in [-0.25, -0.2) is 8.42 Å². The SMILES string of the molecule is CC(C#N)S(=O)(=O)Nc1ccc(Br)cc1OC(F)(F)F. The van der Waals surface area contributed by atoms with Gasteiger partial charge in [0.2, 0.25) is 10.0 Å². The monoisotopic (exact) mass is 372 g/mol. The first kappa shape index (κ1) is 16.6. The van der Waals surface area contributed by atoms with E-state index in [1.54, 1.807) is 0 Å². The van der Waals surface area contributed by atoms with E-state index in [2.05, 4.69) is 20.7 Å². The van der Waals surface area contributed by atoms with Gasteiger partial charge in [-0.1, -0.05) is 15.9 Å². The zero-order valence-corrected chi connectivity index (χ0v) is 12.3. The molecule has 0 bridgehead atoms. The van der Waals surface area contributed by atoms with E-state index in [1.807, 2.05) is 4.72 Å². The second kappa shape index (κ2) is 5.88. The van der Waals surface area contributed by atoms with Gasteiger partial charge in [0.25, 0.3) is 0 Å². The van der Waals surface area contributed by atoms with Gasteiger partial charge >= 0.3 is 6.36 Å². The van der Waals surface area contributed by atoms with Crippen molar-refractivity contribution < 1.29 is 26.3 Å². The Morgan fingerprint density at radius 2 is 2.05 bits per heavy atom. The van der Waals surface area contributed by atoms with Crippen LogP contribution < -0.4 is 9.46 Å². The Balaban J connectivity index is 3.17. The average Bonchev–Trinajstić information content (AvgIpc) is 2.29. The smallest absolute Gasteiger partial charge is 0.403 e. The van der Waals surface area contributed by atoms with Crippen LogP contribution in [0.25, 0.3) is 0 Å². The minimum absolute atomic E-state index is 0.271. The summed E-state index contributed by atoms with van der Waals surface area (Å²) < 4.78 is 65.9. The van der Waals surface area contributed by atoms with Crippen LogP contribution in [-0.2, 0) is 10.0 Å². The van der Waals surface area contributed by atoms with Crippen molar-refractivity contribution >= 4 is 31.6 Å². The fourth-order valence-electron chi connectivity index (χ4n) is 1.10. The summed E-state index contributed by atoms with van der Waals surface area (Å²) in [7, 11) is -4.13. The summed E-state index contributed by atoms with van der Waals surface area (Å²) in [5.41, 5.74) is -0.410. The van der Waals surface area contributed by atoms with E-state index in [0.29, 0.717) is 0 Å². The third kappa shape index (κ3) is 4.57. The number of hydrogen-bond acceptors (Lipinski definition) is 4. The van der Waals surface area contributed by atoms with Crippen molar-refractivity contribution in [2.75, 3.05) is 4.72 Å². The lowest BCUT2D eigenvalue weighted by atomic mass is 10.3. The Kier molecular flexibility index (Phi) is 4.88. The number of nitrogens with zero attached hydrogens (tertiary/aromatic N) is 1. The number of anilines is 1. The molecule has 0 saturated carbocycles. The van der Waals surface area contributed by atoms with E-state index in [0.717, 1.165) is 19.1 Å². The molecular formula is C10H8BrF3N2O3S. The zero-order chi connectivity index (χ0) is 15.6. The molecule has 1 aromatic rings. The van der Waals surface area contributed by atoms with Gasteiger partial charge < -0.3 is 4.74 Å². The highest BCUT2D eigenvalue weighted by molar-refractivity contribution is 9.10. The molecule has 0 saturated heterocycles. The summed E-state index contributed by atoms with van der Waals surface area (Å²) in [4.78, 5) is 0. The molecule has 0 aliphatic rings. The van der Waals surface area contributed by atoms with Crippen LogP contribution in [0.2, 0.25) is 0 Å². The van der Waals surface area contributed by atoms with E-state index in [-0.39, 0.29) is 4.47 Å². The van der Waals surface area contributed by atoms with Gasteiger partial charge in [-0.3, -0.25) is 4.72 Å². The lowest BCUT2D eigenvalue weighted by molar-refractivity contribution is -0.274. The maximum absolute atomic E-state index is 12.2. The molecule has 0 amide bonds. The Bertz CT molecular complexity index is 640. The van der Waals surface area contributed by atoms with E-state index in [9.17, 15) is 21.6 Å². The number of ether oxygens (including phenoxy) is 1. The number of halogens is 4. The van der Waals surface area contributed by atoms with Crippen molar-refractivity contribution in [3.63, 3.8) is 0 Å². The van der Waals surface area contributed by atoms with E-state index < -0.39 is 33.1 Å². The van der Waals surface area contributed by atoms with Crippen molar-refractivity contribution in [3.05, 3.63) is 22.7 Å². The summed E-state index contributed by atoms with van der Waals surface area (Å²) in [6, 6.07) is 4.86. The Morgan fingerprint density at radius 3 is 2.55 bits per heavy atom. The fourth-order valence-corrected chi connectivity index (χ4v) is 2.23. The third-order valence-corrected chi connectivity index (χ3v) is 4.10. The number of benzene rings is 1. The van der Waals surface area contributed by atoms with Crippen molar-refractivity contribution in [2.45, 2.75) is 18.5 Å². The molecule has 1 N–H and O–H groups in total. The molecular weight excluding hydrogens is 365 g/mol. The Hall–Kier alpha value is -1.47. The topological polar surface area (TPSA) is 79.2 Å². The second-order valence-corrected chi connectivity index (χ2v) is 6.52. The summed E-state index contributed by atoms with van der Waals surface area (Å²) in [6.07, 6.45) is -4.97. The predicted molar refractivity (Wildman–Crippen MR) is 68.4 cm³/mol. The molecule has 5 nitrogen and oxygen atoms in total. The summed E-state index contributed by atoms with van der Waals surface area (Å²) >= 11 is 2.95. The highest BCUT2D eigenvalue weighted by Gasteiger charge is 2.33. The minimum Gasteiger partial charge on any atom is -0.403 e. The summed E-state index contributed by atoms with van der Waals surface area (Å²) in [5, 5.41) is 7.13. The molecule has 0 fully saturated rings. The number of alkyl halides is 3. The van der Waals surface area contributed by atoms with Crippen molar-refractivity contribution in [1.29, 1.82) is 5.26 Å². The molecule has 0 spiro atoms. The fraction of sp³-hybridized carbons (Fsp3) is 0.300. The van der Waals surface area contributed by atoms with Gasteiger partial charge in [-0.15, -0.1) is 13.2 Å². The first-order valence-electron chi connectivity index (χ1n) is 5.02. The molecule has 1 aromatic carbocycles. The van der Waals surface area contributed by atoms with Crippen LogP contribution in [-0.4, -0.2) is 20.0 Å². The number of nitrogens with one attached hydrogen (secondary N) is 1. The summed E-state index contributed by atoms with van der Waals surface area (Å²) in [5.74, 6) is -0.722. The van der Waals surface area contributed by atoms with Crippen LogP contribution in [0.3, 0.4) is 0 Å². The van der Waals surface area contributed by atoms with Crippen LogP contribution in [0.1, 0.15) is 6.92 Å². The first-order chi connectivity index (χ1) is 9.05. The minimum atomic E-state index is -4.97. The summed E-state index contributed by atoms with van der Waals surface area (Å²) in [6.45, 7) is 1.10. The van der Waals surface area contributed by atoms with Crippen LogP contribution >= 0.6 is 15.9 Å². The molecule has 0 radical (unpaired) electrons. The number of hydrogen-bond donors (Lipinski definition) is 1. The molecule has 1 atom stereocenters. The van der Waals surface area contributed by atoms with Gasteiger partial charge in [0, 0.05) is 4.47 Å². The number of rotatable bonds is 4. The highest BCUT2D eigenvalue weighted by Crippen LogP contribution is 2.33. The largest absolute Gasteiger partial charge is 0.573 e. The Morgan fingerprint density at radius 1 is 1.45 bits per heavy atom. The third-order valence-electron chi connectivity index (χ3n) is 2.07. The quantitative estimate of drug-likeness (QED) is 0.880. The van der Waals surface area contributed by atoms with Crippen LogP contribution in [0, 0.1) is 11.3 Å². The molecule has 0 aliphatic carbocycles. The molecule has 20 heavy (non-hydrogen) atoms. The maximum atomic E-state index is 12.2. The molecule has 110 valence electrons. The number of nitriles is 1.